The van der Waals surface area contributed by atoms with Crippen LogP contribution in [0.5, 0.6) is 0 Å². The molecule has 0 bridgehead atoms. The van der Waals surface area contributed by atoms with Gasteiger partial charge in [0, 0.05) is 29.4 Å². The molecular formula is C18H26N2O3S. The number of carbonyl (C=O) groups is 2. The Morgan fingerprint density at radius 1 is 1.33 bits per heavy atom. The second kappa shape index (κ2) is 7.55. The van der Waals surface area contributed by atoms with E-state index in [-0.39, 0.29) is 18.0 Å². The largest absolute Gasteiger partial charge is 0.450 e. The molecular weight excluding hydrogens is 324 g/mol. The van der Waals surface area contributed by atoms with Crippen molar-refractivity contribution in [2.75, 3.05) is 19.7 Å². The molecule has 1 aliphatic heterocycles. The first kappa shape index (κ1) is 17.3. The van der Waals surface area contributed by atoms with Gasteiger partial charge in [-0.05, 0) is 50.5 Å². The van der Waals surface area contributed by atoms with Gasteiger partial charge in [0.15, 0.2) is 0 Å². The molecule has 132 valence electrons. The van der Waals surface area contributed by atoms with Gasteiger partial charge in [-0.15, -0.1) is 11.3 Å². The van der Waals surface area contributed by atoms with Gasteiger partial charge in [-0.2, -0.15) is 0 Å². The number of fused-ring (bicyclic) bond motifs is 1. The molecule has 1 aromatic rings. The molecule has 1 aromatic heterocycles. The number of ether oxygens (including phenoxy) is 1. The average molecular weight is 350 g/mol. The van der Waals surface area contributed by atoms with Crippen molar-refractivity contribution in [2.45, 2.75) is 52.0 Å². The number of carbonyl (C=O) groups excluding carboxylic acids is 2. The van der Waals surface area contributed by atoms with Gasteiger partial charge >= 0.3 is 6.09 Å². The highest BCUT2D eigenvalue weighted by Crippen LogP contribution is 2.32. The predicted octanol–water partition coefficient (Wildman–Crippen LogP) is 3.22. The molecule has 2 amide bonds. The maximum absolute atomic E-state index is 12.6. The SMILES string of the molecule is CCOC(=O)N1CCC(NC(=O)c2csc3c2CCC(C)C3)CC1. The topological polar surface area (TPSA) is 58.6 Å². The first-order chi connectivity index (χ1) is 11.6. The molecule has 2 heterocycles. The molecule has 24 heavy (non-hydrogen) atoms. The summed E-state index contributed by atoms with van der Waals surface area (Å²) in [7, 11) is 0. The van der Waals surface area contributed by atoms with Crippen LogP contribution in [0.1, 0.15) is 53.9 Å². The monoisotopic (exact) mass is 350 g/mol. The van der Waals surface area contributed by atoms with Crippen LogP contribution in [0.3, 0.4) is 0 Å². The second-order valence-electron chi connectivity index (χ2n) is 6.83. The Kier molecular flexibility index (Phi) is 5.43. The van der Waals surface area contributed by atoms with E-state index < -0.39 is 0 Å². The van der Waals surface area contributed by atoms with Gasteiger partial charge in [0.1, 0.15) is 0 Å². The minimum Gasteiger partial charge on any atom is -0.450 e. The number of piperidine rings is 1. The third-order valence-corrected chi connectivity index (χ3v) is 6.05. The summed E-state index contributed by atoms with van der Waals surface area (Å²) >= 11 is 1.73. The Bertz CT molecular complexity index is 605. The number of likely N-dealkylation sites (tertiary alicyclic amines) is 1. The Balaban J connectivity index is 1.54. The molecule has 1 unspecified atom stereocenters. The van der Waals surface area contributed by atoms with E-state index in [0.717, 1.165) is 37.2 Å². The van der Waals surface area contributed by atoms with Crippen molar-refractivity contribution < 1.29 is 14.3 Å². The minimum absolute atomic E-state index is 0.0524. The summed E-state index contributed by atoms with van der Waals surface area (Å²) in [4.78, 5) is 27.5. The van der Waals surface area contributed by atoms with Crippen LogP contribution < -0.4 is 5.32 Å². The van der Waals surface area contributed by atoms with Crippen molar-refractivity contribution in [2.24, 2.45) is 5.92 Å². The first-order valence-electron chi connectivity index (χ1n) is 8.90. The summed E-state index contributed by atoms with van der Waals surface area (Å²) in [6.07, 6.45) is 4.61. The Labute approximate surface area is 147 Å². The van der Waals surface area contributed by atoms with Crippen LogP contribution in [-0.4, -0.2) is 42.6 Å². The van der Waals surface area contributed by atoms with Gasteiger partial charge in [0.2, 0.25) is 0 Å². The molecule has 2 aliphatic rings. The summed E-state index contributed by atoms with van der Waals surface area (Å²) in [6.45, 7) is 5.77. The maximum Gasteiger partial charge on any atom is 0.409 e. The number of rotatable bonds is 3. The van der Waals surface area contributed by atoms with Gasteiger partial charge in [0.05, 0.1) is 12.2 Å². The summed E-state index contributed by atoms with van der Waals surface area (Å²) in [6, 6.07) is 0.140. The lowest BCUT2D eigenvalue weighted by molar-refractivity contribution is 0.0859. The number of thiophene rings is 1. The fourth-order valence-corrected chi connectivity index (χ4v) is 4.80. The number of hydrogen-bond donors (Lipinski definition) is 1. The highest BCUT2D eigenvalue weighted by atomic mass is 32.1. The van der Waals surface area contributed by atoms with Crippen LogP contribution in [0.2, 0.25) is 0 Å². The van der Waals surface area contributed by atoms with E-state index in [1.807, 2.05) is 12.3 Å². The first-order valence-corrected chi connectivity index (χ1v) is 9.78. The van der Waals surface area contributed by atoms with E-state index in [4.69, 9.17) is 4.74 Å². The average Bonchev–Trinajstić information content (AvgIpc) is 2.98. The smallest absolute Gasteiger partial charge is 0.409 e. The molecule has 1 saturated heterocycles. The third kappa shape index (κ3) is 3.74. The Morgan fingerprint density at radius 3 is 2.79 bits per heavy atom. The lowest BCUT2D eigenvalue weighted by atomic mass is 9.88. The molecule has 1 N–H and O–H groups in total. The van der Waals surface area contributed by atoms with E-state index in [2.05, 4.69) is 12.2 Å². The zero-order valence-electron chi connectivity index (χ0n) is 14.5. The van der Waals surface area contributed by atoms with Gasteiger partial charge in [0.25, 0.3) is 5.91 Å². The van der Waals surface area contributed by atoms with E-state index in [1.54, 1.807) is 16.2 Å². The van der Waals surface area contributed by atoms with Crippen LogP contribution in [0, 0.1) is 5.92 Å². The summed E-state index contributed by atoms with van der Waals surface area (Å²) in [5.74, 6) is 0.774. The molecule has 5 nitrogen and oxygen atoms in total. The van der Waals surface area contributed by atoms with Gasteiger partial charge < -0.3 is 15.0 Å². The molecule has 0 aromatic carbocycles. The summed E-state index contributed by atoms with van der Waals surface area (Å²) < 4.78 is 5.03. The van der Waals surface area contributed by atoms with Crippen molar-refractivity contribution in [3.63, 3.8) is 0 Å². The number of nitrogens with zero attached hydrogens (tertiary/aromatic N) is 1. The highest BCUT2D eigenvalue weighted by molar-refractivity contribution is 7.10. The standard InChI is InChI=1S/C18H26N2O3S/c1-3-23-18(22)20-8-6-13(7-9-20)19-17(21)15-11-24-16-10-12(2)4-5-14(15)16/h11-13H,3-10H2,1-2H3,(H,19,21). The second-order valence-corrected chi connectivity index (χ2v) is 7.80. The molecule has 0 saturated carbocycles. The van der Waals surface area contributed by atoms with Gasteiger partial charge in [-0.3, -0.25) is 4.79 Å². The Morgan fingerprint density at radius 2 is 2.08 bits per heavy atom. The maximum atomic E-state index is 12.6. The van der Waals surface area contributed by atoms with E-state index in [9.17, 15) is 9.59 Å². The molecule has 3 rings (SSSR count). The fraction of sp³-hybridized carbons (Fsp3) is 0.667. The number of hydrogen-bond acceptors (Lipinski definition) is 4. The van der Waals surface area contributed by atoms with Gasteiger partial charge in [-0.25, -0.2) is 4.79 Å². The predicted molar refractivity (Wildman–Crippen MR) is 94.6 cm³/mol. The molecule has 1 fully saturated rings. The fourth-order valence-electron chi connectivity index (χ4n) is 3.55. The van der Waals surface area contributed by atoms with E-state index in [0.29, 0.717) is 19.7 Å². The van der Waals surface area contributed by atoms with Crippen LogP contribution in [0.15, 0.2) is 5.38 Å². The quantitative estimate of drug-likeness (QED) is 0.910. The van der Waals surface area contributed by atoms with Gasteiger partial charge in [-0.1, -0.05) is 6.92 Å². The molecule has 6 heteroatoms. The van der Waals surface area contributed by atoms with Crippen molar-refractivity contribution in [1.82, 2.24) is 10.2 Å². The van der Waals surface area contributed by atoms with Crippen molar-refractivity contribution in [3.8, 4) is 0 Å². The zero-order chi connectivity index (χ0) is 17.1. The van der Waals surface area contributed by atoms with E-state index in [1.165, 1.54) is 16.9 Å². The molecule has 1 aliphatic carbocycles. The normalized spacial score (nSPS) is 21.2. The van der Waals surface area contributed by atoms with Crippen molar-refractivity contribution in [1.29, 1.82) is 0 Å². The minimum atomic E-state index is -0.247. The summed E-state index contributed by atoms with van der Waals surface area (Å²) in [5.41, 5.74) is 2.13. The number of amides is 2. The molecule has 0 spiro atoms. The zero-order valence-corrected chi connectivity index (χ0v) is 15.3. The Hall–Kier alpha value is -1.56. The van der Waals surface area contributed by atoms with Crippen LogP contribution >= 0.6 is 11.3 Å². The molecule has 1 atom stereocenters. The number of nitrogens with one attached hydrogen (secondary N) is 1. The lowest BCUT2D eigenvalue weighted by Crippen LogP contribution is -2.46. The van der Waals surface area contributed by atoms with E-state index >= 15 is 0 Å². The summed E-state index contributed by atoms with van der Waals surface area (Å²) in [5, 5.41) is 5.18. The van der Waals surface area contributed by atoms with Crippen LogP contribution in [0.25, 0.3) is 0 Å². The van der Waals surface area contributed by atoms with Crippen molar-refractivity contribution in [3.05, 3.63) is 21.4 Å². The highest BCUT2D eigenvalue weighted by Gasteiger charge is 2.27. The van der Waals surface area contributed by atoms with Crippen molar-refractivity contribution >= 4 is 23.3 Å². The lowest BCUT2D eigenvalue weighted by Gasteiger charge is -2.31. The molecule has 0 radical (unpaired) electrons. The third-order valence-electron chi connectivity index (χ3n) is 5.00. The van der Waals surface area contributed by atoms with Crippen LogP contribution in [0.4, 0.5) is 4.79 Å². The van der Waals surface area contributed by atoms with Crippen LogP contribution in [-0.2, 0) is 17.6 Å².